The molecular formula is C32H34F7N5O6. The maximum absolute atomic E-state index is 13.2. The van der Waals surface area contributed by atoms with Crippen LogP contribution >= 0.6 is 0 Å². The average Bonchev–Trinajstić information content (AvgIpc) is 3.49. The van der Waals surface area contributed by atoms with Crippen molar-refractivity contribution in [2.45, 2.75) is 57.7 Å². The number of amides is 2. The summed E-state index contributed by atoms with van der Waals surface area (Å²) in [5.74, 6) is -5.46. The van der Waals surface area contributed by atoms with Gasteiger partial charge in [-0.3, -0.25) is 9.59 Å². The van der Waals surface area contributed by atoms with Gasteiger partial charge in [-0.25, -0.2) is 19.0 Å². The van der Waals surface area contributed by atoms with Gasteiger partial charge in [0.15, 0.2) is 0 Å². The number of hydrogen-bond acceptors (Lipinski definition) is 7. The molecule has 3 aromatic rings. The van der Waals surface area contributed by atoms with Crippen LogP contribution in [-0.2, 0) is 32.1 Å². The molecule has 7 N–H and O–H groups in total. The number of benzene rings is 2. The standard InChI is InChI=1S/C28H32FN5O2.2C2HF3O2/c1-17-23(8-11-26(30)33-17)16-32-27(35)18(2)34-28(36)25-14-20(15-31-25)12-19-4-3-5-22(13-19)21-6-9-24(29)10-7-21;2*3-2(4,5)1(6)7/h3-11,13,18,20,25,31H,12,14-16H2,1-2H3,(H2,30,33)(H,32,35)(H,34,36);2*(H,6,7)/t18?,20-,25+;;/m0../s1. The summed E-state index contributed by atoms with van der Waals surface area (Å²) in [5.41, 5.74) is 10.5. The summed E-state index contributed by atoms with van der Waals surface area (Å²) in [5, 5.41) is 23.2. The van der Waals surface area contributed by atoms with Gasteiger partial charge in [-0.15, -0.1) is 0 Å². The average molecular weight is 718 g/mol. The summed E-state index contributed by atoms with van der Waals surface area (Å²) in [6, 6.07) is 17.2. The van der Waals surface area contributed by atoms with Crippen molar-refractivity contribution >= 4 is 29.6 Å². The first kappa shape index (κ1) is 40.9. The number of nitrogen functional groups attached to an aromatic ring is 1. The molecule has 1 fully saturated rings. The zero-order valence-corrected chi connectivity index (χ0v) is 26.5. The lowest BCUT2D eigenvalue weighted by Gasteiger charge is -2.17. The molecule has 1 unspecified atom stereocenters. The molecule has 4 rings (SSSR count). The van der Waals surface area contributed by atoms with Crippen molar-refractivity contribution in [3.8, 4) is 11.1 Å². The number of pyridine rings is 1. The number of hydrogen-bond donors (Lipinski definition) is 6. The predicted molar refractivity (Wildman–Crippen MR) is 166 cm³/mol. The van der Waals surface area contributed by atoms with Crippen molar-refractivity contribution < 1.29 is 60.1 Å². The molecule has 1 aliphatic heterocycles. The van der Waals surface area contributed by atoms with Gasteiger partial charge in [-0.05, 0) is 79.6 Å². The molecule has 18 heteroatoms. The minimum absolute atomic E-state index is 0.175. The Morgan fingerprint density at radius 1 is 0.940 bits per heavy atom. The summed E-state index contributed by atoms with van der Waals surface area (Å²) in [7, 11) is 0. The van der Waals surface area contributed by atoms with E-state index in [0.717, 1.165) is 35.3 Å². The molecule has 2 heterocycles. The van der Waals surface area contributed by atoms with Crippen LogP contribution in [0.4, 0.5) is 36.6 Å². The number of alkyl halides is 6. The second-order valence-corrected chi connectivity index (χ2v) is 11.0. The number of aliphatic carboxylic acids is 2. The lowest BCUT2D eigenvalue weighted by atomic mass is 9.94. The monoisotopic (exact) mass is 717 g/mol. The van der Waals surface area contributed by atoms with Crippen LogP contribution in [0.5, 0.6) is 0 Å². The zero-order chi connectivity index (χ0) is 37.8. The van der Waals surface area contributed by atoms with Gasteiger partial charge in [0.25, 0.3) is 0 Å². The smallest absolute Gasteiger partial charge is 0.475 e. The molecule has 0 bridgehead atoms. The highest BCUT2D eigenvalue weighted by atomic mass is 19.4. The maximum Gasteiger partial charge on any atom is 0.490 e. The first-order chi connectivity index (χ1) is 23.2. The van der Waals surface area contributed by atoms with Crippen LogP contribution in [-0.4, -0.2) is 69.9 Å². The molecule has 3 atom stereocenters. The van der Waals surface area contributed by atoms with Crippen LogP contribution in [0.1, 0.15) is 30.2 Å². The number of carboxylic acids is 2. The number of carbonyl (C=O) groups is 4. The molecule has 272 valence electrons. The topological polar surface area (TPSA) is 184 Å². The van der Waals surface area contributed by atoms with E-state index in [9.17, 15) is 40.3 Å². The van der Waals surface area contributed by atoms with Crippen molar-refractivity contribution in [3.63, 3.8) is 0 Å². The Morgan fingerprint density at radius 2 is 1.52 bits per heavy atom. The number of carboxylic acid groups (broad SMARTS) is 2. The summed E-state index contributed by atoms with van der Waals surface area (Å²) >= 11 is 0. The number of rotatable bonds is 8. The third-order valence-electron chi connectivity index (χ3n) is 7.07. The van der Waals surface area contributed by atoms with Crippen LogP contribution in [0.25, 0.3) is 11.1 Å². The van der Waals surface area contributed by atoms with E-state index in [0.29, 0.717) is 24.7 Å². The minimum atomic E-state index is -5.08. The normalized spacial score (nSPS) is 16.1. The van der Waals surface area contributed by atoms with Crippen molar-refractivity contribution in [2.24, 2.45) is 5.92 Å². The first-order valence-corrected chi connectivity index (χ1v) is 14.7. The molecule has 0 aliphatic carbocycles. The Kier molecular flexibility index (Phi) is 14.7. The third kappa shape index (κ3) is 13.7. The second kappa shape index (κ2) is 17.9. The first-order valence-electron chi connectivity index (χ1n) is 14.7. The molecule has 1 saturated heterocycles. The molecular weight excluding hydrogens is 683 g/mol. The SMILES string of the molecule is Cc1nc(N)ccc1CNC(=O)C(C)NC(=O)[C@H]1C[C@H](Cc2cccc(-c3ccc(F)cc3)c2)CN1.O=C(O)C(F)(F)F.O=C(O)C(F)(F)F. The number of halogens is 7. The number of nitrogens with one attached hydrogen (secondary N) is 3. The summed E-state index contributed by atoms with van der Waals surface area (Å²) in [4.78, 5) is 47.3. The Balaban J connectivity index is 0.000000521. The van der Waals surface area contributed by atoms with Gasteiger partial charge < -0.3 is 31.9 Å². The summed E-state index contributed by atoms with van der Waals surface area (Å²) in [6.07, 6.45) is -8.64. The van der Waals surface area contributed by atoms with Crippen molar-refractivity contribution in [3.05, 3.63) is 83.3 Å². The van der Waals surface area contributed by atoms with E-state index in [4.69, 9.17) is 25.5 Å². The van der Waals surface area contributed by atoms with E-state index in [-0.39, 0.29) is 23.7 Å². The van der Waals surface area contributed by atoms with Crippen LogP contribution in [0.15, 0.2) is 60.7 Å². The largest absolute Gasteiger partial charge is 0.490 e. The minimum Gasteiger partial charge on any atom is -0.475 e. The molecule has 50 heavy (non-hydrogen) atoms. The van der Waals surface area contributed by atoms with E-state index >= 15 is 0 Å². The lowest BCUT2D eigenvalue weighted by molar-refractivity contribution is -0.193. The third-order valence-corrected chi connectivity index (χ3v) is 7.07. The van der Waals surface area contributed by atoms with Gasteiger partial charge >= 0.3 is 24.3 Å². The second-order valence-electron chi connectivity index (χ2n) is 11.0. The molecule has 0 saturated carbocycles. The fourth-order valence-electron chi connectivity index (χ4n) is 4.53. The van der Waals surface area contributed by atoms with E-state index < -0.39 is 30.3 Å². The number of carbonyl (C=O) groups excluding carboxylic acids is 2. The number of aromatic nitrogens is 1. The highest BCUT2D eigenvalue weighted by molar-refractivity contribution is 5.89. The predicted octanol–water partition coefficient (Wildman–Crippen LogP) is 4.39. The van der Waals surface area contributed by atoms with E-state index in [1.54, 1.807) is 25.1 Å². The fourth-order valence-corrected chi connectivity index (χ4v) is 4.53. The van der Waals surface area contributed by atoms with Crippen LogP contribution in [0.2, 0.25) is 0 Å². The molecule has 0 radical (unpaired) electrons. The molecule has 2 amide bonds. The van der Waals surface area contributed by atoms with Crippen molar-refractivity contribution in [2.75, 3.05) is 12.3 Å². The van der Waals surface area contributed by atoms with Gasteiger partial charge in [0, 0.05) is 12.2 Å². The number of aryl methyl sites for hydroxylation is 1. The Bertz CT molecular complexity index is 1610. The fraction of sp³-hybridized carbons (Fsp3) is 0.344. The Morgan fingerprint density at radius 3 is 2.06 bits per heavy atom. The molecule has 1 aliphatic rings. The molecule has 2 aromatic carbocycles. The van der Waals surface area contributed by atoms with E-state index in [2.05, 4.69) is 33.1 Å². The van der Waals surface area contributed by atoms with Crippen LogP contribution in [0, 0.1) is 18.7 Å². The summed E-state index contributed by atoms with van der Waals surface area (Å²) < 4.78 is 76.7. The van der Waals surface area contributed by atoms with Crippen molar-refractivity contribution in [1.29, 1.82) is 0 Å². The number of nitrogens with two attached hydrogens (primary N) is 1. The van der Waals surface area contributed by atoms with Gasteiger partial charge in [0.2, 0.25) is 11.8 Å². The number of anilines is 1. The van der Waals surface area contributed by atoms with Gasteiger partial charge in [-0.1, -0.05) is 42.5 Å². The zero-order valence-electron chi connectivity index (χ0n) is 26.5. The molecule has 11 nitrogen and oxygen atoms in total. The van der Waals surface area contributed by atoms with E-state index in [1.807, 2.05) is 25.1 Å². The lowest BCUT2D eigenvalue weighted by Crippen LogP contribution is -2.50. The quantitative estimate of drug-likeness (QED) is 0.184. The number of nitrogens with zero attached hydrogens (tertiary/aromatic N) is 1. The van der Waals surface area contributed by atoms with Gasteiger partial charge in [0.05, 0.1) is 6.04 Å². The Hall–Kier alpha value is -5.26. The molecule has 1 aromatic heterocycles. The Labute approximate surface area is 281 Å². The highest BCUT2D eigenvalue weighted by Gasteiger charge is 2.39. The van der Waals surface area contributed by atoms with Gasteiger partial charge in [0.1, 0.15) is 17.7 Å². The highest BCUT2D eigenvalue weighted by Crippen LogP contribution is 2.25. The van der Waals surface area contributed by atoms with Crippen LogP contribution in [0.3, 0.4) is 0 Å². The van der Waals surface area contributed by atoms with E-state index in [1.165, 1.54) is 17.7 Å². The maximum atomic E-state index is 13.2. The van der Waals surface area contributed by atoms with Crippen LogP contribution < -0.4 is 21.7 Å². The van der Waals surface area contributed by atoms with Gasteiger partial charge in [-0.2, -0.15) is 26.3 Å². The molecule has 0 spiro atoms. The van der Waals surface area contributed by atoms with Crippen molar-refractivity contribution in [1.82, 2.24) is 20.9 Å². The summed E-state index contributed by atoms with van der Waals surface area (Å²) in [6.45, 7) is 4.56.